The molecule has 0 saturated heterocycles. The zero-order chi connectivity index (χ0) is 21.7. The Kier molecular flexibility index (Phi) is 10.7. The van der Waals surface area contributed by atoms with E-state index in [2.05, 4.69) is 13.8 Å². The molecule has 0 N–H and O–H groups in total. The maximum absolute atomic E-state index is 13.9. The molecule has 0 aliphatic rings. The molecule has 0 fully saturated rings. The second kappa shape index (κ2) is 13.2. The van der Waals surface area contributed by atoms with Crippen molar-refractivity contribution in [3.05, 3.63) is 77.9 Å². The molecule has 4 heteroatoms. The van der Waals surface area contributed by atoms with Gasteiger partial charge in [0.2, 0.25) is 0 Å². The van der Waals surface area contributed by atoms with Gasteiger partial charge in [0, 0.05) is 18.7 Å². The minimum Gasteiger partial charge on any atom is -0.450 e. The van der Waals surface area contributed by atoms with Crippen molar-refractivity contribution in [2.45, 2.75) is 58.2 Å². The van der Waals surface area contributed by atoms with Crippen LogP contribution in [0.15, 0.2) is 66.7 Å². The van der Waals surface area contributed by atoms with Crippen LogP contribution in [0.3, 0.4) is 0 Å². The lowest BCUT2D eigenvalue weighted by atomic mass is 10.1. The van der Waals surface area contributed by atoms with Gasteiger partial charge in [-0.25, -0.2) is 0 Å². The van der Waals surface area contributed by atoms with Crippen molar-refractivity contribution in [3.63, 3.8) is 0 Å². The van der Waals surface area contributed by atoms with E-state index in [9.17, 15) is 9.36 Å². The molecule has 2 aromatic carbocycles. The van der Waals surface area contributed by atoms with Crippen molar-refractivity contribution in [1.29, 1.82) is 0 Å². The van der Waals surface area contributed by atoms with E-state index in [0.717, 1.165) is 36.8 Å². The highest BCUT2D eigenvalue weighted by Crippen LogP contribution is 2.53. The van der Waals surface area contributed by atoms with E-state index >= 15 is 0 Å². The summed E-state index contributed by atoms with van der Waals surface area (Å²) in [5.41, 5.74) is 2.12. The smallest absolute Gasteiger partial charge is 0.307 e. The van der Waals surface area contributed by atoms with Crippen LogP contribution in [0, 0.1) is 0 Å². The normalized spacial score (nSPS) is 12.7. The van der Waals surface area contributed by atoms with E-state index in [1.807, 2.05) is 72.8 Å². The minimum atomic E-state index is -2.68. The van der Waals surface area contributed by atoms with E-state index in [1.165, 1.54) is 0 Å². The van der Waals surface area contributed by atoms with Crippen LogP contribution in [-0.2, 0) is 20.5 Å². The number of rotatable bonds is 13. The first-order valence-electron chi connectivity index (χ1n) is 11.1. The lowest BCUT2D eigenvalue weighted by Crippen LogP contribution is -2.20. The molecule has 0 heterocycles. The molecule has 30 heavy (non-hydrogen) atoms. The molecule has 0 amide bonds. The summed E-state index contributed by atoms with van der Waals surface area (Å²) < 4.78 is 19.8. The maximum atomic E-state index is 13.9. The summed E-state index contributed by atoms with van der Waals surface area (Å²) in [5.74, 6) is -0.936. The van der Waals surface area contributed by atoms with E-state index in [1.54, 1.807) is 0 Å². The summed E-state index contributed by atoms with van der Waals surface area (Å²) in [5, 5.41) is 0. The second-order valence-corrected chi connectivity index (χ2v) is 11.1. The predicted molar refractivity (Wildman–Crippen MR) is 127 cm³/mol. The van der Waals surface area contributed by atoms with Gasteiger partial charge in [-0.15, -0.1) is 0 Å². The number of ether oxygens (including phenoxy) is 1. The van der Waals surface area contributed by atoms with Crippen LogP contribution in [0.5, 0.6) is 0 Å². The zero-order valence-electron chi connectivity index (χ0n) is 18.3. The van der Waals surface area contributed by atoms with Gasteiger partial charge in [-0.3, -0.25) is 4.79 Å². The molecular formula is C26H35O3P. The Morgan fingerprint density at radius 3 is 2.07 bits per heavy atom. The Bertz CT molecular complexity index is 803. The monoisotopic (exact) mass is 426 g/mol. The standard InChI is InChI=1S/C26H35O3P/c1-3-5-21-30(28,22-6-4-2)26(20-18-24-15-11-8-12-16-24)29-25(27)19-17-23-13-9-7-10-14-23/h7-16,18,20,26H,3-6,17,19,21-22H2,1-2H3/b20-18+. The third-order valence-corrected chi connectivity index (χ3v) is 8.56. The number of unbranched alkanes of at least 4 members (excludes halogenated alkanes) is 2. The molecule has 0 bridgehead atoms. The lowest BCUT2D eigenvalue weighted by molar-refractivity contribution is -0.144. The molecule has 1 atom stereocenters. The van der Waals surface area contributed by atoms with Crippen LogP contribution in [0.2, 0.25) is 0 Å². The van der Waals surface area contributed by atoms with Crippen LogP contribution in [0.4, 0.5) is 0 Å². The first kappa shape index (κ1) is 24.2. The summed E-state index contributed by atoms with van der Waals surface area (Å²) in [6.45, 7) is 4.20. The molecule has 1 unspecified atom stereocenters. The summed E-state index contributed by atoms with van der Waals surface area (Å²) in [4.78, 5) is 12.7. The largest absolute Gasteiger partial charge is 0.450 e. The summed E-state index contributed by atoms with van der Waals surface area (Å²) in [6.07, 6.45) is 9.68. The van der Waals surface area contributed by atoms with Crippen molar-refractivity contribution >= 4 is 19.2 Å². The van der Waals surface area contributed by atoms with Crippen LogP contribution in [0.25, 0.3) is 6.08 Å². The molecule has 0 spiro atoms. The minimum absolute atomic E-state index is 0.283. The van der Waals surface area contributed by atoms with Gasteiger partial charge in [-0.2, -0.15) is 0 Å². The summed E-state index contributed by atoms with van der Waals surface area (Å²) in [6, 6.07) is 19.8. The van der Waals surface area contributed by atoms with E-state index in [-0.39, 0.29) is 5.97 Å². The fourth-order valence-corrected chi connectivity index (χ4v) is 6.50. The van der Waals surface area contributed by atoms with Gasteiger partial charge in [0.1, 0.15) is 7.14 Å². The molecule has 2 aromatic rings. The first-order chi connectivity index (χ1) is 14.6. The summed E-state index contributed by atoms with van der Waals surface area (Å²) in [7, 11) is -2.68. The van der Waals surface area contributed by atoms with Crippen molar-refractivity contribution in [2.75, 3.05) is 12.3 Å². The van der Waals surface area contributed by atoms with Gasteiger partial charge in [0.25, 0.3) is 0 Å². The maximum Gasteiger partial charge on any atom is 0.307 e. The van der Waals surface area contributed by atoms with Crippen molar-refractivity contribution in [1.82, 2.24) is 0 Å². The average molecular weight is 427 g/mol. The Hall–Kier alpha value is -2.12. The topological polar surface area (TPSA) is 43.4 Å². The molecule has 0 saturated carbocycles. The van der Waals surface area contributed by atoms with Crippen LogP contribution >= 0.6 is 7.14 Å². The van der Waals surface area contributed by atoms with Gasteiger partial charge in [0.15, 0.2) is 5.85 Å². The van der Waals surface area contributed by atoms with Crippen molar-refractivity contribution < 1.29 is 14.1 Å². The van der Waals surface area contributed by atoms with Crippen LogP contribution < -0.4 is 0 Å². The Morgan fingerprint density at radius 1 is 0.933 bits per heavy atom. The highest BCUT2D eigenvalue weighted by atomic mass is 31.2. The fourth-order valence-electron chi connectivity index (χ4n) is 3.35. The second-order valence-electron chi connectivity index (χ2n) is 7.74. The third-order valence-electron chi connectivity index (χ3n) is 5.21. The number of esters is 1. The van der Waals surface area contributed by atoms with Crippen molar-refractivity contribution in [3.8, 4) is 0 Å². The van der Waals surface area contributed by atoms with Gasteiger partial charge in [-0.05, 0) is 36.5 Å². The predicted octanol–water partition coefficient (Wildman–Crippen LogP) is 7.17. The Labute approximate surface area is 181 Å². The molecule has 0 aromatic heterocycles. The Morgan fingerprint density at radius 2 is 1.50 bits per heavy atom. The number of hydrogen-bond acceptors (Lipinski definition) is 3. The molecule has 0 aliphatic heterocycles. The van der Waals surface area contributed by atoms with E-state index in [4.69, 9.17) is 4.74 Å². The van der Waals surface area contributed by atoms with Gasteiger partial charge in [-0.1, -0.05) is 93.4 Å². The quantitative estimate of drug-likeness (QED) is 0.252. The van der Waals surface area contributed by atoms with Crippen LogP contribution in [-0.4, -0.2) is 24.1 Å². The van der Waals surface area contributed by atoms with Gasteiger partial charge in [0.05, 0.1) is 0 Å². The number of benzene rings is 2. The summed E-state index contributed by atoms with van der Waals surface area (Å²) >= 11 is 0. The molecular weight excluding hydrogens is 391 g/mol. The molecule has 3 nitrogen and oxygen atoms in total. The molecule has 2 rings (SSSR count). The Balaban J connectivity index is 2.16. The lowest BCUT2D eigenvalue weighted by Gasteiger charge is -2.26. The highest BCUT2D eigenvalue weighted by molar-refractivity contribution is 7.64. The fraction of sp³-hybridized carbons (Fsp3) is 0.423. The number of aryl methyl sites for hydroxylation is 1. The first-order valence-corrected chi connectivity index (χ1v) is 13.3. The number of carbonyl (C=O) groups excluding carboxylic acids is 1. The molecule has 0 radical (unpaired) electrons. The zero-order valence-corrected chi connectivity index (χ0v) is 19.2. The SMILES string of the molecule is CCCCP(=O)(CCCC)C(/C=C/c1ccccc1)OC(=O)CCc1ccccc1. The third kappa shape index (κ3) is 8.32. The van der Waals surface area contributed by atoms with Gasteiger partial charge < -0.3 is 9.30 Å². The average Bonchev–Trinajstić information content (AvgIpc) is 2.79. The number of hydrogen-bond donors (Lipinski definition) is 0. The van der Waals surface area contributed by atoms with E-state index in [0.29, 0.717) is 25.2 Å². The van der Waals surface area contributed by atoms with Crippen LogP contribution in [0.1, 0.15) is 57.1 Å². The van der Waals surface area contributed by atoms with Crippen molar-refractivity contribution in [2.24, 2.45) is 0 Å². The van der Waals surface area contributed by atoms with E-state index < -0.39 is 13.0 Å². The van der Waals surface area contributed by atoms with Gasteiger partial charge >= 0.3 is 5.97 Å². The molecule has 162 valence electrons. The number of carbonyl (C=O) groups is 1. The highest BCUT2D eigenvalue weighted by Gasteiger charge is 2.33. The molecule has 0 aliphatic carbocycles.